The molecule has 0 aliphatic rings. The first-order valence-electron chi connectivity index (χ1n) is 7.71. The van der Waals surface area contributed by atoms with Gasteiger partial charge in [-0.3, -0.25) is 9.59 Å². The lowest BCUT2D eigenvalue weighted by Crippen LogP contribution is -2.30. The average molecular weight is 359 g/mol. The normalized spacial score (nSPS) is 11.3. The highest BCUT2D eigenvalue weighted by Gasteiger charge is 2.20. The fourth-order valence-electron chi connectivity index (χ4n) is 2.08. The molecule has 0 unspecified atom stereocenters. The zero-order valence-electron chi connectivity index (χ0n) is 14.2. The molecule has 2 amide bonds. The quantitative estimate of drug-likeness (QED) is 0.561. The summed E-state index contributed by atoms with van der Waals surface area (Å²) in [5, 5.41) is 5.18. The van der Waals surface area contributed by atoms with Crippen LogP contribution in [0.5, 0.6) is 0 Å². The molecule has 136 valence electrons. The second-order valence-corrected chi connectivity index (χ2v) is 5.53. The van der Waals surface area contributed by atoms with Gasteiger partial charge in [0.15, 0.2) is 6.10 Å². The summed E-state index contributed by atoms with van der Waals surface area (Å²) >= 11 is 0. The van der Waals surface area contributed by atoms with Gasteiger partial charge in [0.25, 0.3) is 5.91 Å². The maximum Gasteiger partial charge on any atom is 0.341 e. The van der Waals surface area contributed by atoms with E-state index in [0.29, 0.717) is 11.4 Å². The van der Waals surface area contributed by atoms with Crippen molar-refractivity contribution in [1.82, 2.24) is 0 Å². The molecule has 2 aromatic carbocycles. The highest BCUT2D eigenvalue weighted by Crippen LogP contribution is 2.17. The maximum absolute atomic E-state index is 13.0. The number of hydrogen-bond acceptors (Lipinski definition) is 5. The van der Waals surface area contributed by atoms with Crippen LogP contribution < -0.4 is 16.4 Å². The number of amides is 2. The summed E-state index contributed by atoms with van der Waals surface area (Å²) in [4.78, 5) is 35.1. The third kappa shape index (κ3) is 5.04. The SMILES string of the molecule is CC(=O)Nc1ccc(NC(=O)[C@H](C)OC(=O)c2ccc(F)cc2N)cc1. The van der Waals surface area contributed by atoms with Crippen molar-refractivity contribution in [2.45, 2.75) is 20.0 Å². The molecule has 0 heterocycles. The number of hydrogen-bond donors (Lipinski definition) is 3. The lowest BCUT2D eigenvalue weighted by Gasteiger charge is -2.14. The molecule has 0 bridgehead atoms. The van der Waals surface area contributed by atoms with E-state index in [1.54, 1.807) is 24.3 Å². The number of carbonyl (C=O) groups excluding carboxylic acids is 3. The molecule has 26 heavy (non-hydrogen) atoms. The summed E-state index contributed by atoms with van der Waals surface area (Å²) in [6.07, 6.45) is -1.10. The summed E-state index contributed by atoms with van der Waals surface area (Å²) in [5.41, 5.74) is 6.53. The maximum atomic E-state index is 13.0. The number of rotatable bonds is 5. The molecule has 4 N–H and O–H groups in total. The zero-order chi connectivity index (χ0) is 19.3. The smallest absolute Gasteiger partial charge is 0.341 e. The van der Waals surface area contributed by atoms with Crippen LogP contribution in [0.3, 0.4) is 0 Å². The van der Waals surface area contributed by atoms with Gasteiger partial charge in [-0.1, -0.05) is 0 Å². The summed E-state index contributed by atoms with van der Waals surface area (Å²) in [6, 6.07) is 9.69. The van der Waals surface area contributed by atoms with Gasteiger partial charge in [-0.2, -0.15) is 0 Å². The Hall–Kier alpha value is -3.42. The van der Waals surface area contributed by atoms with Crippen LogP contribution in [0.15, 0.2) is 42.5 Å². The molecular weight excluding hydrogens is 341 g/mol. The topological polar surface area (TPSA) is 111 Å². The van der Waals surface area contributed by atoms with Crippen LogP contribution in [-0.4, -0.2) is 23.9 Å². The lowest BCUT2D eigenvalue weighted by atomic mass is 10.2. The van der Waals surface area contributed by atoms with E-state index in [2.05, 4.69) is 10.6 Å². The van der Waals surface area contributed by atoms with Gasteiger partial charge in [0, 0.05) is 24.0 Å². The summed E-state index contributed by atoms with van der Waals surface area (Å²) < 4.78 is 18.1. The predicted molar refractivity (Wildman–Crippen MR) is 95.1 cm³/mol. The number of carbonyl (C=O) groups is 3. The van der Waals surface area contributed by atoms with E-state index in [1.165, 1.54) is 19.9 Å². The molecule has 0 aliphatic carbocycles. The van der Waals surface area contributed by atoms with E-state index in [4.69, 9.17) is 10.5 Å². The molecule has 0 fully saturated rings. The molecule has 0 saturated heterocycles. The van der Waals surface area contributed by atoms with Gasteiger partial charge in [-0.15, -0.1) is 0 Å². The van der Waals surface area contributed by atoms with Crippen molar-refractivity contribution >= 4 is 34.8 Å². The highest BCUT2D eigenvalue weighted by molar-refractivity contribution is 5.99. The Morgan fingerprint density at radius 2 is 1.62 bits per heavy atom. The van der Waals surface area contributed by atoms with Crippen molar-refractivity contribution in [2.75, 3.05) is 16.4 Å². The standard InChI is InChI=1S/C18H18FN3O4/c1-10(26-18(25)15-8-3-12(19)9-16(15)20)17(24)22-14-6-4-13(5-7-14)21-11(2)23/h3-10H,20H2,1-2H3,(H,21,23)(H,22,24)/t10-/m0/s1. The Morgan fingerprint density at radius 3 is 2.15 bits per heavy atom. The first kappa shape index (κ1) is 18.9. The Labute approximate surface area is 149 Å². The number of benzene rings is 2. The molecule has 2 rings (SSSR count). The van der Waals surface area contributed by atoms with Gasteiger partial charge in [-0.25, -0.2) is 9.18 Å². The van der Waals surface area contributed by atoms with Crippen molar-refractivity contribution in [3.63, 3.8) is 0 Å². The summed E-state index contributed by atoms with van der Waals surface area (Å²) in [5.74, 6) is -2.16. The number of esters is 1. The zero-order valence-corrected chi connectivity index (χ0v) is 14.2. The number of nitrogens with two attached hydrogens (primary N) is 1. The van der Waals surface area contributed by atoms with Crippen LogP contribution in [0.4, 0.5) is 21.5 Å². The van der Waals surface area contributed by atoms with Crippen molar-refractivity contribution in [3.05, 3.63) is 53.8 Å². The number of anilines is 3. The molecular formula is C18H18FN3O4. The van der Waals surface area contributed by atoms with Crippen LogP contribution in [-0.2, 0) is 14.3 Å². The van der Waals surface area contributed by atoms with E-state index >= 15 is 0 Å². The van der Waals surface area contributed by atoms with Crippen molar-refractivity contribution in [2.24, 2.45) is 0 Å². The van der Waals surface area contributed by atoms with Crippen LogP contribution in [0.1, 0.15) is 24.2 Å². The monoisotopic (exact) mass is 359 g/mol. The largest absolute Gasteiger partial charge is 0.449 e. The first-order valence-corrected chi connectivity index (χ1v) is 7.71. The molecule has 0 aromatic heterocycles. The number of nitrogens with one attached hydrogen (secondary N) is 2. The second kappa shape index (κ2) is 8.11. The minimum atomic E-state index is -1.10. The number of halogens is 1. The molecule has 2 aromatic rings. The van der Waals surface area contributed by atoms with Gasteiger partial charge in [0.2, 0.25) is 5.91 Å². The van der Waals surface area contributed by atoms with Crippen LogP contribution >= 0.6 is 0 Å². The van der Waals surface area contributed by atoms with E-state index in [1.807, 2.05) is 0 Å². The van der Waals surface area contributed by atoms with Gasteiger partial charge >= 0.3 is 5.97 Å². The predicted octanol–water partition coefficient (Wildman–Crippen LogP) is 2.55. The van der Waals surface area contributed by atoms with Gasteiger partial charge in [0.05, 0.1) is 5.56 Å². The number of ether oxygens (including phenoxy) is 1. The Balaban J connectivity index is 1.96. The summed E-state index contributed by atoms with van der Waals surface area (Å²) in [6.45, 7) is 2.79. The minimum absolute atomic E-state index is 0.0225. The number of nitrogen functional groups attached to an aromatic ring is 1. The first-order chi connectivity index (χ1) is 12.3. The lowest BCUT2D eigenvalue weighted by molar-refractivity contribution is -0.123. The van der Waals surface area contributed by atoms with E-state index in [9.17, 15) is 18.8 Å². The fraction of sp³-hybridized carbons (Fsp3) is 0.167. The van der Waals surface area contributed by atoms with Crippen LogP contribution in [0.2, 0.25) is 0 Å². The molecule has 1 atom stereocenters. The minimum Gasteiger partial charge on any atom is -0.449 e. The van der Waals surface area contributed by atoms with Crippen LogP contribution in [0, 0.1) is 5.82 Å². The Morgan fingerprint density at radius 1 is 1.04 bits per heavy atom. The fourth-order valence-corrected chi connectivity index (χ4v) is 2.08. The van der Waals surface area contributed by atoms with Crippen molar-refractivity contribution in [3.8, 4) is 0 Å². The average Bonchev–Trinajstić information content (AvgIpc) is 2.55. The van der Waals surface area contributed by atoms with Crippen LogP contribution in [0.25, 0.3) is 0 Å². The molecule has 0 radical (unpaired) electrons. The molecule has 8 heteroatoms. The van der Waals surface area contributed by atoms with Crippen molar-refractivity contribution < 1.29 is 23.5 Å². The Kier molecular flexibility index (Phi) is 5.90. The van der Waals surface area contributed by atoms with Gasteiger partial charge in [-0.05, 0) is 49.4 Å². The third-order valence-corrected chi connectivity index (χ3v) is 3.36. The summed E-state index contributed by atoms with van der Waals surface area (Å²) in [7, 11) is 0. The second-order valence-electron chi connectivity index (χ2n) is 5.53. The highest BCUT2D eigenvalue weighted by atomic mass is 19.1. The van der Waals surface area contributed by atoms with Gasteiger partial charge < -0.3 is 21.1 Å². The van der Waals surface area contributed by atoms with Gasteiger partial charge in [0.1, 0.15) is 5.82 Å². The van der Waals surface area contributed by atoms with E-state index in [-0.39, 0.29) is 17.2 Å². The molecule has 7 nitrogen and oxygen atoms in total. The third-order valence-electron chi connectivity index (χ3n) is 3.36. The Bertz CT molecular complexity index is 837. The van der Waals surface area contributed by atoms with E-state index < -0.39 is 23.8 Å². The molecule has 0 saturated carbocycles. The molecule has 0 aliphatic heterocycles. The van der Waals surface area contributed by atoms with E-state index in [0.717, 1.165) is 12.1 Å². The molecule has 0 spiro atoms. The van der Waals surface area contributed by atoms with Crippen molar-refractivity contribution in [1.29, 1.82) is 0 Å².